The maximum Gasteiger partial charge on any atom is 0 e. The summed E-state index contributed by atoms with van der Waals surface area (Å²) in [4.78, 5) is 0. The summed E-state index contributed by atoms with van der Waals surface area (Å²) in [7, 11) is 0. The Hall–Kier alpha value is 4.01. The summed E-state index contributed by atoms with van der Waals surface area (Å²) >= 11 is 0. The Labute approximate surface area is 117 Å². The van der Waals surface area contributed by atoms with Crippen LogP contribution in [0.2, 0.25) is 0 Å². The molecule has 0 N–H and O–H groups in total. The summed E-state index contributed by atoms with van der Waals surface area (Å²) < 4.78 is 0. The first-order valence-electron chi connectivity index (χ1n) is 0. The molecule has 0 aliphatic carbocycles. The van der Waals surface area contributed by atoms with Crippen molar-refractivity contribution in [1.82, 2.24) is 0 Å². The zero-order valence-corrected chi connectivity index (χ0v) is 10.9. The van der Waals surface area contributed by atoms with E-state index in [0.717, 1.165) is 0 Å². The quantitative estimate of drug-likeness (QED) is 0.315. The van der Waals surface area contributed by atoms with Gasteiger partial charge in [0.15, 0.2) is 0 Å². The van der Waals surface area contributed by atoms with Gasteiger partial charge >= 0.3 is 76.2 Å². The van der Waals surface area contributed by atoms with E-state index in [1.54, 1.807) is 0 Å². The van der Waals surface area contributed by atoms with Gasteiger partial charge in [-0.1, -0.05) is 0 Å². The third kappa shape index (κ3) is 18.0. The van der Waals surface area contributed by atoms with Crippen molar-refractivity contribution < 1.29 is 44.1 Å². The third-order valence-corrected chi connectivity index (χ3v) is 0. The average Bonchev–Trinajstić information content (AvgIpc) is 0. The predicted molar refractivity (Wildman–Crippen MR) is 27.0 cm³/mol. The zero-order chi connectivity index (χ0) is 0. The van der Waals surface area contributed by atoms with Crippen LogP contribution in [0.3, 0.4) is 0 Å². The molecular formula is H7InMgNbPbTi. The fourth-order valence-electron chi connectivity index (χ4n) is 0. The molecule has 0 aromatic rings. The topological polar surface area (TPSA) is 0 Å². The maximum absolute atomic E-state index is 0. The minimum atomic E-state index is 0. The van der Waals surface area contributed by atoms with Crippen molar-refractivity contribution in [2.45, 2.75) is 0 Å². The summed E-state index contributed by atoms with van der Waals surface area (Å²) in [5.74, 6) is 0. The molecule has 0 aromatic carbocycles. The molecule has 0 amide bonds. The van der Waals surface area contributed by atoms with E-state index in [9.17, 15) is 0 Å². The summed E-state index contributed by atoms with van der Waals surface area (Å²) in [5, 5.41) is 0. The first-order chi connectivity index (χ1) is 0. The molecule has 0 rings (SSSR count). The van der Waals surface area contributed by atoms with Crippen LogP contribution in [0.15, 0.2) is 0 Å². The number of rotatable bonds is 0. The van der Waals surface area contributed by atoms with E-state index in [0.29, 0.717) is 0 Å². The Kier molecular flexibility index (Phi) is 176. The normalized spacial score (nSPS) is 0. The van der Waals surface area contributed by atoms with Crippen molar-refractivity contribution in [3.05, 3.63) is 0 Å². The standard InChI is InChI=1S/In.Mg.Nb.Pb.Ti.7H. The molecule has 5 heteroatoms. The number of hydrogen-bond acceptors (Lipinski definition) is 0. The molecular weight excluding hydrogens is 487 g/mol. The molecule has 0 heterocycles. The molecule has 0 aliphatic heterocycles. The Balaban J connectivity index is 0. The van der Waals surface area contributed by atoms with E-state index >= 15 is 0 Å². The van der Waals surface area contributed by atoms with E-state index in [2.05, 4.69) is 0 Å². The third-order valence-electron chi connectivity index (χ3n) is 0. The Morgan fingerprint density at radius 3 is 1.00 bits per heavy atom. The van der Waals surface area contributed by atoms with Gasteiger partial charge in [-0.2, -0.15) is 0 Å². The molecule has 5 heavy (non-hydrogen) atoms. The first kappa shape index (κ1) is 35.9. The monoisotopic (exact) mass is 495 g/mol. The summed E-state index contributed by atoms with van der Waals surface area (Å²) in [5.41, 5.74) is 0. The maximum atomic E-state index is 0. The minimum Gasteiger partial charge on any atom is 0 e. The summed E-state index contributed by atoms with van der Waals surface area (Å²) in [6, 6.07) is 0. The molecule has 0 fully saturated rings. The van der Waals surface area contributed by atoms with Crippen molar-refractivity contribution in [2.24, 2.45) is 0 Å². The van der Waals surface area contributed by atoms with Gasteiger partial charge in [-0.3, -0.25) is 0 Å². The van der Waals surface area contributed by atoms with Gasteiger partial charge in [-0.25, -0.2) is 0 Å². The molecule has 25 valence electrons. The number of hydrogen-bond donors (Lipinski definition) is 0. The van der Waals surface area contributed by atoms with Crippen molar-refractivity contribution >= 4 is 76.2 Å². The second-order valence-electron chi connectivity index (χ2n) is 0. The molecule has 0 spiro atoms. The van der Waals surface area contributed by atoms with Gasteiger partial charge in [0.2, 0.25) is 0 Å². The van der Waals surface area contributed by atoms with Crippen molar-refractivity contribution in [3.63, 3.8) is 0 Å². The van der Waals surface area contributed by atoms with Crippen LogP contribution >= 0.6 is 0 Å². The zero-order valence-electron chi connectivity index (χ0n) is 1.65. The Morgan fingerprint density at radius 2 is 1.00 bits per heavy atom. The minimum absolute atomic E-state index is 0. The van der Waals surface area contributed by atoms with Crippen LogP contribution in [-0.2, 0) is 44.1 Å². The first-order valence-corrected chi connectivity index (χ1v) is 0. The average molecular weight is 494 g/mol. The van der Waals surface area contributed by atoms with Gasteiger partial charge in [-0.05, 0) is 0 Å². The van der Waals surface area contributed by atoms with Crippen LogP contribution in [0.1, 0.15) is 0 Å². The smallest absolute Gasteiger partial charge is 0 e. The molecule has 0 aromatic heterocycles. The molecule has 0 aliphatic rings. The van der Waals surface area contributed by atoms with Crippen molar-refractivity contribution in [1.29, 1.82) is 0 Å². The van der Waals surface area contributed by atoms with Crippen molar-refractivity contribution in [3.8, 4) is 0 Å². The van der Waals surface area contributed by atoms with E-state index < -0.39 is 0 Å². The van der Waals surface area contributed by atoms with Crippen LogP contribution in [0.5, 0.6) is 0 Å². The van der Waals surface area contributed by atoms with Gasteiger partial charge in [-0.15, -0.1) is 0 Å². The second kappa shape index (κ2) is 24.5. The molecule has 0 bridgehead atoms. The Morgan fingerprint density at radius 1 is 1.00 bits per heavy atom. The largest absolute Gasteiger partial charge is 0 e. The molecule has 0 nitrogen and oxygen atoms in total. The van der Waals surface area contributed by atoms with E-state index in [-0.39, 0.29) is 120 Å². The van der Waals surface area contributed by atoms with Crippen molar-refractivity contribution in [2.75, 3.05) is 0 Å². The molecule has 0 saturated carbocycles. The second-order valence-corrected chi connectivity index (χ2v) is 0. The fourth-order valence-corrected chi connectivity index (χ4v) is 0. The molecule has 3 radical (unpaired) electrons. The van der Waals surface area contributed by atoms with Crippen LogP contribution in [0.25, 0.3) is 0 Å². The van der Waals surface area contributed by atoms with E-state index in [1.807, 2.05) is 0 Å². The SMILES string of the molecule is [InH3].[MgH2].[Nb].[PbH2].[Ti]. The van der Waals surface area contributed by atoms with Crippen LogP contribution in [0.4, 0.5) is 0 Å². The van der Waals surface area contributed by atoms with Crippen LogP contribution < -0.4 is 0 Å². The molecule has 0 saturated heterocycles. The fraction of sp³-hybridized carbons (Fsp3) is 0. The molecule has 0 unspecified atom stereocenters. The predicted octanol–water partition coefficient (Wildman–Crippen LogP) is -3.02. The Bertz CT molecular complexity index is 11.6. The summed E-state index contributed by atoms with van der Waals surface area (Å²) in [6.45, 7) is 0. The van der Waals surface area contributed by atoms with E-state index in [4.69, 9.17) is 0 Å². The van der Waals surface area contributed by atoms with E-state index in [1.165, 1.54) is 0 Å². The van der Waals surface area contributed by atoms with Gasteiger partial charge < -0.3 is 0 Å². The van der Waals surface area contributed by atoms with Crippen LogP contribution in [-0.4, -0.2) is 76.2 Å². The van der Waals surface area contributed by atoms with Gasteiger partial charge in [0.1, 0.15) is 0 Å². The van der Waals surface area contributed by atoms with Gasteiger partial charge in [0.25, 0.3) is 0 Å². The van der Waals surface area contributed by atoms with Crippen LogP contribution in [0, 0.1) is 0 Å². The molecule has 0 atom stereocenters. The summed E-state index contributed by atoms with van der Waals surface area (Å²) in [6.07, 6.45) is 0. The van der Waals surface area contributed by atoms with Gasteiger partial charge in [0.05, 0.1) is 0 Å². The van der Waals surface area contributed by atoms with Gasteiger partial charge in [0, 0.05) is 44.1 Å².